The molecule has 1 aliphatic carbocycles. The van der Waals surface area contributed by atoms with Crippen molar-refractivity contribution in [1.82, 2.24) is 0 Å². The SMILES string of the molecule is C[Si](C)(C)O[Si](CCCC1CCCC(O)C1)(O[Si](C)(C)C)O[Si](C)(C)C. The minimum atomic E-state index is -2.68. The predicted molar refractivity (Wildman–Crippen MR) is 121 cm³/mol. The van der Waals surface area contributed by atoms with Gasteiger partial charge in [-0.2, -0.15) is 0 Å². The maximum atomic E-state index is 9.95. The molecule has 1 N–H and O–H groups in total. The highest BCUT2D eigenvalue weighted by atomic mass is 28.5. The standard InChI is InChI=1S/C18H44O4Si4/c1-23(2,3)20-26(21-24(4,5)6,22-25(7,8)9)15-11-13-17-12-10-14-18(19)16-17/h17-19H,10-16H2,1-9H3. The van der Waals surface area contributed by atoms with Gasteiger partial charge in [0.1, 0.15) is 0 Å². The molecule has 1 saturated carbocycles. The Labute approximate surface area is 166 Å². The van der Waals surface area contributed by atoms with Gasteiger partial charge in [-0.3, -0.25) is 0 Å². The van der Waals surface area contributed by atoms with E-state index in [4.69, 9.17) is 12.3 Å². The Kier molecular flexibility index (Phi) is 9.01. The second kappa shape index (κ2) is 9.47. The van der Waals surface area contributed by atoms with Crippen LogP contribution >= 0.6 is 0 Å². The van der Waals surface area contributed by atoms with Gasteiger partial charge in [0.25, 0.3) is 0 Å². The van der Waals surface area contributed by atoms with E-state index in [1.54, 1.807) is 0 Å². The maximum absolute atomic E-state index is 9.95. The van der Waals surface area contributed by atoms with Gasteiger partial charge in [-0.25, -0.2) is 0 Å². The summed E-state index contributed by atoms with van der Waals surface area (Å²) in [4.78, 5) is 0. The average Bonchev–Trinajstić information content (AvgIpc) is 2.31. The molecule has 2 unspecified atom stereocenters. The van der Waals surface area contributed by atoms with Gasteiger partial charge in [0, 0.05) is 6.04 Å². The van der Waals surface area contributed by atoms with Crippen LogP contribution in [-0.2, 0) is 12.3 Å². The molecule has 0 aromatic rings. The summed E-state index contributed by atoms with van der Waals surface area (Å²) in [6.07, 6.45) is 6.51. The highest BCUT2D eigenvalue weighted by molar-refractivity contribution is 6.90. The average molecular weight is 437 g/mol. The largest absolute Gasteiger partial charge is 0.469 e. The third-order valence-corrected chi connectivity index (χ3v) is 16.3. The quantitative estimate of drug-likeness (QED) is 0.439. The Bertz CT molecular complexity index is 386. The lowest BCUT2D eigenvalue weighted by molar-refractivity contribution is 0.0977. The molecule has 0 bridgehead atoms. The van der Waals surface area contributed by atoms with Gasteiger partial charge in [0.2, 0.25) is 0 Å². The van der Waals surface area contributed by atoms with Crippen LogP contribution in [0.4, 0.5) is 0 Å². The van der Waals surface area contributed by atoms with Crippen molar-refractivity contribution in [2.75, 3.05) is 0 Å². The lowest BCUT2D eigenvalue weighted by atomic mass is 9.84. The summed E-state index contributed by atoms with van der Waals surface area (Å²) in [5.41, 5.74) is 0. The summed E-state index contributed by atoms with van der Waals surface area (Å²) in [5, 5.41) is 9.95. The van der Waals surface area contributed by atoms with Crippen molar-refractivity contribution < 1.29 is 17.5 Å². The molecule has 0 saturated heterocycles. The molecule has 1 aliphatic rings. The first-order valence-electron chi connectivity index (χ1n) is 10.4. The molecule has 0 radical (unpaired) electrons. The molecule has 8 heteroatoms. The lowest BCUT2D eigenvalue weighted by Gasteiger charge is -2.43. The van der Waals surface area contributed by atoms with E-state index in [1.807, 2.05) is 0 Å². The molecule has 1 rings (SSSR count). The molecule has 0 aromatic heterocycles. The van der Waals surface area contributed by atoms with Crippen LogP contribution in [0.2, 0.25) is 65.0 Å². The Balaban J connectivity index is 2.88. The van der Waals surface area contributed by atoms with Crippen molar-refractivity contribution in [3.05, 3.63) is 0 Å². The van der Waals surface area contributed by atoms with Crippen molar-refractivity contribution in [1.29, 1.82) is 0 Å². The zero-order chi connectivity index (χ0) is 20.2. The van der Waals surface area contributed by atoms with Crippen LogP contribution in [0.3, 0.4) is 0 Å². The summed E-state index contributed by atoms with van der Waals surface area (Å²) in [7, 11) is -8.01. The van der Waals surface area contributed by atoms with Crippen LogP contribution in [-0.4, -0.2) is 45.0 Å². The molecule has 156 valence electrons. The van der Waals surface area contributed by atoms with E-state index in [0.29, 0.717) is 5.92 Å². The van der Waals surface area contributed by atoms with E-state index >= 15 is 0 Å². The van der Waals surface area contributed by atoms with Crippen LogP contribution in [0, 0.1) is 5.92 Å². The van der Waals surface area contributed by atoms with Crippen molar-refractivity contribution in [3.8, 4) is 0 Å². The molecule has 0 aliphatic heterocycles. The second-order valence-corrected chi connectivity index (χ2v) is 27.9. The highest BCUT2D eigenvalue weighted by Gasteiger charge is 2.49. The number of aliphatic hydroxyl groups excluding tert-OH is 1. The molecule has 1 fully saturated rings. The van der Waals surface area contributed by atoms with Crippen molar-refractivity contribution in [2.24, 2.45) is 5.92 Å². The monoisotopic (exact) mass is 436 g/mol. The van der Waals surface area contributed by atoms with Gasteiger partial charge in [0.05, 0.1) is 6.10 Å². The number of aliphatic hydroxyl groups is 1. The van der Waals surface area contributed by atoms with E-state index in [0.717, 1.165) is 38.1 Å². The Morgan fingerprint density at radius 1 is 0.769 bits per heavy atom. The Hall–Kier alpha value is 0.708. The third kappa shape index (κ3) is 10.9. The normalized spacial score (nSPS) is 23.3. The summed E-state index contributed by atoms with van der Waals surface area (Å²) in [6, 6.07) is 0.929. The van der Waals surface area contributed by atoms with Gasteiger partial charge in [-0.15, -0.1) is 0 Å². The fraction of sp³-hybridized carbons (Fsp3) is 1.00. The summed E-state index contributed by atoms with van der Waals surface area (Å²) in [5.74, 6) is 0.649. The topological polar surface area (TPSA) is 47.9 Å². The summed E-state index contributed by atoms with van der Waals surface area (Å²) < 4.78 is 20.2. The minimum Gasteiger partial charge on any atom is -0.417 e. The summed E-state index contributed by atoms with van der Waals surface area (Å²) in [6.45, 7) is 20.2. The van der Waals surface area contributed by atoms with E-state index in [-0.39, 0.29) is 6.10 Å². The van der Waals surface area contributed by atoms with Crippen molar-refractivity contribution >= 4 is 33.8 Å². The van der Waals surface area contributed by atoms with Gasteiger partial charge < -0.3 is 17.5 Å². The minimum absolute atomic E-state index is 0.0922. The van der Waals surface area contributed by atoms with E-state index in [9.17, 15) is 5.11 Å². The molecule has 26 heavy (non-hydrogen) atoms. The molecular formula is C18H44O4Si4. The molecule has 2 atom stereocenters. The van der Waals surface area contributed by atoms with Gasteiger partial charge in [-0.1, -0.05) is 19.3 Å². The van der Waals surface area contributed by atoms with E-state index in [2.05, 4.69) is 58.9 Å². The second-order valence-electron chi connectivity index (χ2n) is 10.9. The molecule has 0 spiro atoms. The van der Waals surface area contributed by atoms with E-state index < -0.39 is 33.8 Å². The fourth-order valence-corrected chi connectivity index (χ4v) is 18.4. The number of hydrogen-bond acceptors (Lipinski definition) is 4. The number of rotatable bonds is 10. The molecule has 0 heterocycles. The third-order valence-electron chi connectivity index (χ3n) is 4.24. The first kappa shape index (κ1) is 24.7. The highest BCUT2D eigenvalue weighted by Crippen LogP contribution is 2.33. The zero-order valence-corrected chi connectivity index (χ0v) is 22.8. The number of hydrogen-bond donors (Lipinski definition) is 1. The van der Waals surface area contributed by atoms with Gasteiger partial charge in [0.15, 0.2) is 25.0 Å². The van der Waals surface area contributed by atoms with Crippen molar-refractivity contribution in [3.63, 3.8) is 0 Å². The van der Waals surface area contributed by atoms with Crippen LogP contribution < -0.4 is 0 Å². The molecular weight excluding hydrogens is 393 g/mol. The van der Waals surface area contributed by atoms with Crippen molar-refractivity contribution in [2.45, 2.75) is 110 Å². The van der Waals surface area contributed by atoms with Crippen LogP contribution in [0.1, 0.15) is 38.5 Å². The smallest absolute Gasteiger partial charge is 0.417 e. The van der Waals surface area contributed by atoms with Crippen LogP contribution in [0.5, 0.6) is 0 Å². The zero-order valence-electron chi connectivity index (χ0n) is 18.8. The van der Waals surface area contributed by atoms with Gasteiger partial charge in [-0.05, 0) is 84.1 Å². The molecule has 0 aromatic carbocycles. The molecule has 4 nitrogen and oxygen atoms in total. The lowest BCUT2D eigenvalue weighted by Crippen LogP contribution is -2.60. The van der Waals surface area contributed by atoms with E-state index in [1.165, 1.54) is 6.42 Å². The first-order chi connectivity index (χ1) is 11.6. The maximum Gasteiger partial charge on any atom is 0.469 e. The van der Waals surface area contributed by atoms with Gasteiger partial charge >= 0.3 is 8.80 Å². The molecule has 0 amide bonds. The Morgan fingerprint density at radius 3 is 1.62 bits per heavy atom. The summed E-state index contributed by atoms with van der Waals surface area (Å²) >= 11 is 0. The fourth-order valence-electron chi connectivity index (χ4n) is 3.75. The predicted octanol–water partition coefficient (Wildman–Crippen LogP) is 5.81. The first-order valence-corrected chi connectivity index (χ1v) is 22.5. The Morgan fingerprint density at radius 2 is 1.23 bits per heavy atom. The van der Waals surface area contributed by atoms with Crippen LogP contribution in [0.15, 0.2) is 0 Å². The van der Waals surface area contributed by atoms with Crippen LogP contribution in [0.25, 0.3) is 0 Å².